The van der Waals surface area contributed by atoms with Crippen LogP contribution in [-0.4, -0.2) is 16.0 Å². The second kappa shape index (κ2) is 11.9. The van der Waals surface area contributed by atoms with E-state index in [0.717, 1.165) is 18.9 Å². The number of carboxylic acids is 1. The molecule has 5 nitrogen and oxygen atoms in total. The Morgan fingerprint density at radius 1 is 1.05 bits per heavy atom. The van der Waals surface area contributed by atoms with Crippen molar-refractivity contribution in [3.8, 4) is 0 Å². The monoisotopic (exact) mass is 279 g/mol. The van der Waals surface area contributed by atoms with Crippen LogP contribution in [0.2, 0.25) is 0 Å². The fraction of sp³-hybridized carbons (Fsp3) is 0.400. The third-order valence-electron chi connectivity index (χ3n) is 2.35. The minimum atomic E-state index is -1.07. The molecule has 0 saturated heterocycles. The lowest BCUT2D eigenvalue weighted by Crippen LogP contribution is -2.00. The number of hydrogen-bond donors (Lipinski definition) is 1. The molecule has 0 spiro atoms. The van der Waals surface area contributed by atoms with Gasteiger partial charge in [-0.1, -0.05) is 43.4 Å². The number of nitrogens with zero attached hydrogens (tertiary/aromatic N) is 1. The number of nitro groups is 1. The summed E-state index contributed by atoms with van der Waals surface area (Å²) in [6.07, 6.45) is 15.3. The minimum absolute atomic E-state index is 0.0847. The van der Waals surface area contributed by atoms with Crippen molar-refractivity contribution in [1.82, 2.24) is 0 Å². The molecule has 0 atom stereocenters. The quantitative estimate of drug-likeness (QED) is 0.374. The molecule has 0 fully saturated rings. The fourth-order valence-electron chi connectivity index (χ4n) is 1.35. The molecule has 1 N–H and O–H groups in total. The largest absolute Gasteiger partial charge is 0.481 e. The van der Waals surface area contributed by atoms with Crippen LogP contribution in [0.3, 0.4) is 0 Å². The first-order valence-electron chi connectivity index (χ1n) is 6.58. The number of allylic oxidation sites excluding steroid dienone is 6. The van der Waals surface area contributed by atoms with Crippen molar-refractivity contribution in [2.45, 2.75) is 39.0 Å². The SMILES string of the molecule is CCC=CCC=CCC=CCC(=CCC(=O)O)[N+](=O)[O-]. The highest BCUT2D eigenvalue weighted by atomic mass is 16.6. The van der Waals surface area contributed by atoms with E-state index in [1.54, 1.807) is 6.08 Å². The lowest BCUT2D eigenvalue weighted by Gasteiger charge is -1.93. The molecule has 20 heavy (non-hydrogen) atoms. The van der Waals surface area contributed by atoms with Gasteiger partial charge in [0.15, 0.2) is 0 Å². The molecule has 0 unspecified atom stereocenters. The second-order valence-electron chi connectivity index (χ2n) is 4.05. The molecule has 110 valence electrons. The predicted octanol–water partition coefficient (Wildman–Crippen LogP) is 3.87. The van der Waals surface area contributed by atoms with E-state index in [2.05, 4.69) is 19.1 Å². The summed E-state index contributed by atoms with van der Waals surface area (Å²) in [6.45, 7) is 2.08. The van der Waals surface area contributed by atoms with E-state index in [4.69, 9.17) is 5.11 Å². The van der Waals surface area contributed by atoms with Crippen LogP contribution in [0.1, 0.15) is 39.0 Å². The van der Waals surface area contributed by atoms with Gasteiger partial charge in [0.25, 0.3) is 0 Å². The topological polar surface area (TPSA) is 80.4 Å². The van der Waals surface area contributed by atoms with Crippen LogP contribution in [0, 0.1) is 10.1 Å². The van der Waals surface area contributed by atoms with Gasteiger partial charge in [0.2, 0.25) is 5.70 Å². The molecule has 0 aromatic heterocycles. The van der Waals surface area contributed by atoms with Gasteiger partial charge in [-0.15, -0.1) is 0 Å². The van der Waals surface area contributed by atoms with Gasteiger partial charge < -0.3 is 5.11 Å². The summed E-state index contributed by atoms with van der Waals surface area (Å²) in [5.74, 6) is -1.07. The molecule has 0 saturated carbocycles. The summed E-state index contributed by atoms with van der Waals surface area (Å²) in [5, 5.41) is 19.1. The Hall–Kier alpha value is -2.17. The maximum Gasteiger partial charge on any atom is 0.307 e. The third kappa shape index (κ3) is 11.0. The molecule has 0 aromatic rings. The van der Waals surface area contributed by atoms with Crippen molar-refractivity contribution in [3.05, 3.63) is 58.3 Å². The number of hydrogen-bond acceptors (Lipinski definition) is 3. The molecule has 0 aliphatic rings. The Bertz CT molecular complexity index is 420. The maximum absolute atomic E-state index is 10.7. The Morgan fingerprint density at radius 2 is 1.60 bits per heavy atom. The van der Waals surface area contributed by atoms with Gasteiger partial charge in [0, 0.05) is 6.08 Å². The summed E-state index contributed by atoms with van der Waals surface area (Å²) in [7, 11) is 0. The number of carboxylic acid groups (broad SMARTS) is 1. The molecule has 0 radical (unpaired) electrons. The van der Waals surface area contributed by atoms with Gasteiger partial charge in [0.05, 0.1) is 17.8 Å². The third-order valence-corrected chi connectivity index (χ3v) is 2.35. The van der Waals surface area contributed by atoms with Crippen LogP contribution in [-0.2, 0) is 4.79 Å². The summed E-state index contributed by atoms with van der Waals surface area (Å²) in [6, 6.07) is 0. The summed E-state index contributed by atoms with van der Waals surface area (Å²) >= 11 is 0. The van der Waals surface area contributed by atoms with Crippen molar-refractivity contribution >= 4 is 5.97 Å². The lowest BCUT2D eigenvalue weighted by molar-refractivity contribution is -0.427. The van der Waals surface area contributed by atoms with Crippen LogP contribution >= 0.6 is 0 Å². The van der Waals surface area contributed by atoms with E-state index >= 15 is 0 Å². The van der Waals surface area contributed by atoms with Crippen LogP contribution in [0.25, 0.3) is 0 Å². The Morgan fingerprint density at radius 3 is 2.10 bits per heavy atom. The van der Waals surface area contributed by atoms with Crippen LogP contribution in [0.5, 0.6) is 0 Å². The molecule has 0 aliphatic carbocycles. The first-order chi connectivity index (χ1) is 9.57. The average molecular weight is 279 g/mol. The van der Waals surface area contributed by atoms with E-state index in [1.165, 1.54) is 0 Å². The number of carbonyl (C=O) groups is 1. The summed E-state index contributed by atoms with van der Waals surface area (Å²) < 4.78 is 0. The van der Waals surface area contributed by atoms with E-state index in [0.29, 0.717) is 6.42 Å². The Balaban J connectivity index is 4.07. The average Bonchev–Trinajstić information content (AvgIpc) is 2.39. The molecular formula is C15H21NO4. The Kier molecular flexibility index (Phi) is 10.6. The van der Waals surface area contributed by atoms with Crippen molar-refractivity contribution in [3.63, 3.8) is 0 Å². The van der Waals surface area contributed by atoms with E-state index in [-0.39, 0.29) is 18.5 Å². The predicted molar refractivity (Wildman–Crippen MR) is 78.9 cm³/mol. The smallest absolute Gasteiger partial charge is 0.307 e. The van der Waals surface area contributed by atoms with Gasteiger partial charge in [-0.05, 0) is 19.3 Å². The van der Waals surface area contributed by atoms with Crippen molar-refractivity contribution in [1.29, 1.82) is 0 Å². The first-order valence-corrected chi connectivity index (χ1v) is 6.58. The fourth-order valence-corrected chi connectivity index (χ4v) is 1.35. The zero-order valence-corrected chi connectivity index (χ0v) is 11.7. The number of rotatable bonds is 10. The van der Waals surface area contributed by atoms with Gasteiger partial charge >= 0.3 is 5.97 Å². The van der Waals surface area contributed by atoms with Crippen LogP contribution < -0.4 is 0 Å². The molecule has 0 bridgehead atoms. The minimum Gasteiger partial charge on any atom is -0.481 e. The van der Waals surface area contributed by atoms with Crippen molar-refractivity contribution in [2.75, 3.05) is 0 Å². The van der Waals surface area contributed by atoms with Crippen LogP contribution in [0.4, 0.5) is 0 Å². The van der Waals surface area contributed by atoms with Crippen molar-refractivity contribution in [2.24, 2.45) is 0 Å². The number of aliphatic carboxylic acids is 1. The highest BCUT2D eigenvalue weighted by molar-refractivity contribution is 5.68. The van der Waals surface area contributed by atoms with E-state index in [9.17, 15) is 14.9 Å². The second-order valence-corrected chi connectivity index (χ2v) is 4.05. The molecule has 0 aromatic carbocycles. The Labute approximate surface area is 119 Å². The highest BCUT2D eigenvalue weighted by Crippen LogP contribution is 2.06. The first kappa shape index (κ1) is 17.8. The standard InChI is InChI=1S/C15H21NO4/c1-2-3-4-5-6-7-8-9-10-11-14(16(19)20)12-13-15(17)18/h3-4,6-7,9-10,12H,2,5,8,11,13H2,1H3,(H,17,18). The summed E-state index contributed by atoms with van der Waals surface area (Å²) in [5.41, 5.74) is -0.0847. The van der Waals surface area contributed by atoms with Crippen LogP contribution in [0.15, 0.2) is 48.2 Å². The normalized spacial score (nSPS) is 12.8. The molecule has 0 heterocycles. The molecule has 0 amide bonds. The van der Waals surface area contributed by atoms with E-state index in [1.807, 2.05) is 18.2 Å². The highest BCUT2D eigenvalue weighted by Gasteiger charge is 2.08. The van der Waals surface area contributed by atoms with Gasteiger partial charge in [-0.2, -0.15) is 0 Å². The molecule has 5 heteroatoms. The lowest BCUT2D eigenvalue weighted by atomic mass is 10.2. The van der Waals surface area contributed by atoms with Gasteiger partial charge in [0.1, 0.15) is 0 Å². The van der Waals surface area contributed by atoms with Crippen molar-refractivity contribution < 1.29 is 14.8 Å². The summed E-state index contributed by atoms with van der Waals surface area (Å²) in [4.78, 5) is 20.5. The zero-order chi connectivity index (χ0) is 15.2. The van der Waals surface area contributed by atoms with Gasteiger partial charge in [-0.3, -0.25) is 14.9 Å². The molecule has 0 aliphatic heterocycles. The molecular weight excluding hydrogens is 258 g/mol. The van der Waals surface area contributed by atoms with Gasteiger partial charge in [-0.25, -0.2) is 0 Å². The zero-order valence-electron chi connectivity index (χ0n) is 11.7. The maximum atomic E-state index is 10.7. The van der Waals surface area contributed by atoms with E-state index < -0.39 is 10.9 Å². The molecule has 0 rings (SSSR count).